The summed E-state index contributed by atoms with van der Waals surface area (Å²) in [5.41, 5.74) is 0. The van der Waals surface area contributed by atoms with Crippen LogP contribution >= 0.6 is 11.6 Å². The smallest absolute Gasteiger partial charge is 0.0581 e. The Kier molecular flexibility index (Phi) is 3.85. The van der Waals surface area contributed by atoms with Crippen molar-refractivity contribution in [3.05, 3.63) is 0 Å². The van der Waals surface area contributed by atoms with Gasteiger partial charge in [-0.05, 0) is 31.6 Å². The summed E-state index contributed by atoms with van der Waals surface area (Å²) in [6.07, 6.45) is 2.83. The lowest BCUT2D eigenvalue weighted by molar-refractivity contribution is -0.0282. The zero-order valence-electron chi connectivity index (χ0n) is 8.22. The number of halogens is 1. The summed E-state index contributed by atoms with van der Waals surface area (Å²) in [5.74, 6) is 1.29. The molecule has 0 heterocycles. The van der Waals surface area contributed by atoms with Crippen molar-refractivity contribution in [1.29, 1.82) is 0 Å². The van der Waals surface area contributed by atoms with Gasteiger partial charge < -0.3 is 4.74 Å². The average molecular weight is 191 g/mol. The van der Waals surface area contributed by atoms with E-state index in [4.69, 9.17) is 16.3 Å². The molecular weight excluding hydrogens is 172 g/mol. The van der Waals surface area contributed by atoms with Crippen molar-refractivity contribution in [1.82, 2.24) is 0 Å². The standard InChI is InChI=1S/C10H19ClO/c1-4-12-9-5-8(6-9)10(11)7(2)3/h7-10H,4-6H2,1-3H3. The summed E-state index contributed by atoms with van der Waals surface area (Å²) in [6, 6.07) is 0. The van der Waals surface area contributed by atoms with E-state index < -0.39 is 0 Å². The first-order chi connectivity index (χ1) is 5.65. The Morgan fingerprint density at radius 3 is 2.42 bits per heavy atom. The Labute approximate surface area is 80.4 Å². The minimum Gasteiger partial charge on any atom is -0.378 e. The van der Waals surface area contributed by atoms with E-state index in [1.807, 2.05) is 6.92 Å². The molecule has 0 amide bonds. The molecule has 1 atom stereocenters. The molecule has 0 aromatic rings. The molecule has 1 rings (SSSR count). The maximum Gasteiger partial charge on any atom is 0.0581 e. The zero-order chi connectivity index (χ0) is 9.14. The van der Waals surface area contributed by atoms with Crippen LogP contribution in [0.2, 0.25) is 0 Å². The maximum absolute atomic E-state index is 6.23. The number of ether oxygens (including phenoxy) is 1. The van der Waals surface area contributed by atoms with Crippen molar-refractivity contribution >= 4 is 11.6 Å². The number of rotatable bonds is 4. The van der Waals surface area contributed by atoms with Gasteiger partial charge in [-0.25, -0.2) is 0 Å². The molecule has 1 unspecified atom stereocenters. The van der Waals surface area contributed by atoms with Gasteiger partial charge in [0.05, 0.1) is 6.10 Å². The Morgan fingerprint density at radius 2 is 2.00 bits per heavy atom. The lowest BCUT2D eigenvalue weighted by atomic mass is 9.77. The van der Waals surface area contributed by atoms with Crippen molar-refractivity contribution in [3.8, 4) is 0 Å². The molecule has 1 aliphatic carbocycles. The SMILES string of the molecule is CCOC1CC(C(Cl)C(C)C)C1. The molecule has 0 N–H and O–H groups in total. The third kappa shape index (κ3) is 2.37. The van der Waals surface area contributed by atoms with Gasteiger partial charge in [-0.15, -0.1) is 11.6 Å². The van der Waals surface area contributed by atoms with E-state index in [9.17, 15) is 0 Å². The highest BCUT2D eigenvalue weighted by atomic mass is 35.5. The number of alkyl halides is 1. The zero-order valence-corrected chi connectivity index (χ0v) is 8.97. The lowest BCUT2D eigenvalue weighted by Crippen LogP contribution is -2.38. The first-order valence-electron chi connectivity index (χ1n) is 4.90. The Morgan fingerprint density at radius 1 is 1.42 bits per heavy atom. The summed E-state index contributed by atoms with van der Waals surface area (Å²) in [5, 5.41) is 0.349. The van der Waals surface area contributed by atoms with Crippen LogP contribution < -0.4 is 0 Å². The van der Waals surface area contributed by atoms with Crippen LogP contribution in [0.1, 0.15) is 33.6 Å². The van der Waals surface area contributed by atoms with Gasteiger partial charge in [0, 0.05) is 12.0 Å². The Hall–Kier alpha value is 0.250. The second-order valence-electron chi connectivity index (χ2n) is 4.00. The third-order valence-corrected chi connectivity index (χ3v) is 3.48. The Balaban J connectivity index is 2.16. The summed E-state index contributed by atoms with van der Waals surface area (Å²) in [6.45, 7) is 7.26. The van der Waals surface area contributed by atoms with E-state index in [1.165, 1.54) is 12.8 Å². The van der Waals surface area contributed by atoms with Crippen molar-refractivity contribution in [2.24, 2.45) is 11.8 Å². The predicted octanol–water partition coefficient (Wildman–Crippen LogP) is 3.06. The first kappa shape index (κ1) is 10.3. The van der Waals surface area contributed by atoms with Crippen LogP contribution in [0.15, 0.2) is 0 Å². The molecule has 0 aromatic carbocycles. The van der Waals surface area contributed by atoms with Crippen LogP contribution in [-0.2, 0) is 4.74 Å². The third-order valence-electron chi connectivity index (χ3n) is 2.62. The minimum atomic E-state index is 0.349. The van der Waals surface area contributed by atoms with E-state index in [2.05, 4.69) is 13.8 Å². The van der Waals surface area contributed by atoms with Gasteiger partial charge >= 0.3 is 0 Å². The van der Waals surface area contributed by atoms with Crippen molar-refractivity contribution < 1.29 is 4.74 Å². The number of hydrogen-bond donors (Lipinski definition) is 0. The van der Waals surface area contributed by atoms with Gasteiger partial charge in [-0.2, -0.15) is 0 Å². The van der Waals surface area contributed by atoms with Crippen molar-refractivity contribution in [3.63, 3.8) is 0 Å². The molecule has 12 heavy (non-hydrogen) atoms. The van der Waals surface area contributed by atoms with Crippen molar-refractivity contribution in [2.75, 3.05) is 6.61 Å². The Bertz CT molecular complexity index is 130. The molecule has 1 saturated carbocycles. The van der Waals surface area contributed by atoms with Gasteiger partial charge in [0.25, 0.3) is 0 Å². The first-order valence-corrected chi connectivity index (χ1v) is 5.34. The molecule has 0 radical (unpaired) electrons. The van der Waals surface area contributed by atoms with Crippen LogP contribution in [0.5, 0.6) is 0 Å². The quantitative estimate of drug-likeness (QED) is 0.620. The predicted molar refractivity (Wildman–Crippen MR) is 52.6 cm³/mol. The molecule has 1 fully saturated rings. The fraction of sp³-hybridized carbons (Fsp3) is 1.00. The van der Waals surface area contributed by atoms with Crippen LogP contribution in [0, 0.1) is 11.8 Å². The van der Waals surface area contributed by atoms with Crippen LogP contribution in [0.25, 0.3) is 0 Å². The number of hydrogen-bond acceptors (Lipinski definition) is 1. The largest absolute Gasteiger partial charge is 0.378 e. The van der Waals surface area contributed by atoms with Gasteiger partial charge in [0.2, 0.25) is 0 Å². The summed E-state index contributed by atoms with van der Waals surface area (Å²) < 4.78 is 5.48. The molecule has 0 aromatic heterocycles. The highest BCUT2D eigenvalue weighted by Gasteiger charge is 2.35. The van der Waals surface area contributed by atoms with E-state index >= 15 is 0 Å². The molecule has 0 aliphatic heterocycles. The maximum atomic E-state index is 6.23. The molecular formula is C10H19ClO. The molecule has 1 nitrogen and oxygen atoms in total. The van der Waals surface area contributed by atoms with E-state index in [0.717, 1.165) is 6.61 Å². The summed E-state index contributed by atoms with van der Waals surface area (Å²) in [4.78, 5) is 0. The average Bonchev–Trinajstić information content (AvgIpc) is 1.94. The van der Waals surface area contributed by atoms with Gasteiger partial charge in [-0.3, -0.25) is 0 Å². The molecule has 0 saturated heterocycles. The topological polar surface area (TPSA) is 9.23 Å². The normalized spacial score (nSPS) is 31.8. The lowest BCUT2D eigenvalue weighted by Gasteiger charge is -2.39. The van der Waals surface area contributed by atoms with E-state index in [-0.39, 0.29) is 0 Å². The molecule has 0 spiro atoms. The fourth-order valence-corrected chi connectivity index (χ4v) is 1.99. The molecule has 0 bridgehead atoms. The van der Waals surface area contributed by atoms with E-state index in [0.29, 0.717) is 23.3 Å². The molecule has 1 aliphatic rings. The fourth-order valence-electron chi connectivity index (χ4n) is 1.78. The molecule has 2 heteroatoms. The minimum absolute atomic E-state index is 0.349. The van der Waals surface area contributed by atoms with Gasteiger partial charge in [0.15, 0.2) is 0 Å². The molecule has 72 valence electrons. The second-order valence-corrected chi connectivity index (χ2v) is 4.50. The van der Waals surface area contributed by atoms with Gasteiger partial charge in [-0.1, -0.05) is 13.8 Å². The van der Waals surface area contributed by atoms with E-state index in [1.54, 1.807) is 0 Å². The van der Waals surface area contributed by atoms with Gasteiger partial charge in [0.1, 0.15) is 0 Å². The summed E-state index contributed by atoms with van der Waals surface area (Å²) in [7, 11) is 0. The second kappa shape index (κ2) is 4.48. The van der Waals surface area contributed by atoms with Crippen LogP contribution in [-0.4, -0.2) is 18.1 Å². The van der Waals surface area contributed by atoms with Crippen LogP contribution in [0.4, 0.5) is 0 Å². The highest BCUT2D eigenvalue weighted by molar-refractivity contribution is 6.21. The summed E-state index contributed by atoms with van der Waals surface area (Å²) >= 11 is 6.23. The van der Waals surface area contributed by atoms with Crippen molar-refractivity contribution in [2.45, 2.75) is 45.1 Å². The van der Waals surface area contributed by atoms with Crippen LogP contribution in [0.3, 0.4) is 0 Å². The monoisotopic (exact) mass is 190 g/mol. The highest BCUT2D eigenvalue weighted by Crippen LogP contribution is 2.37.